The molecule has 0 aromatic heterocycles. The van der Waals surface area contributed by atoms with Gasteiger partial charge in [-0.2, -0.15) is 0 Å². The Morgan fingerprint density at radius 3 is 2.59 bits per heavy atom. The van der Waals surface area contributed by atoms with Gasteiger partial charge in [0.05, 0.1) is 49.7 Å². The van der Waals surface area contributed by atoms with E-state index in [4.69, 9.17) is 27.9 Å². The molecule has 1 fully saturated rings. The monoisotopic (exact) mass is 408 g/mol. The van der Waals surface area contributed by atoms with Gasteiger partial charge in [-0.25, -0.2) is 0 Å². The van der Waals surface area contributed by atoms with Gasteiger partial charge >= 0.3 is 0 Å². The van der Waals surface area contributed by atoms with Crippen molar-refractivity contribution in [2.45, 2.75) is 13.0 Å². The van der Waals surface area contributed by atoms with Gasteiger partial charge in [-0.05, 0) is 37.3 Å². The summed E-state index contributed by atoms with van der Waals surface area (Å²) in [6, 6.07) is 12.9. The van der Waals surface area contributed by atoms with Gasteiger partial charge in [-0.3, -0.25) is 4.79 Å². The van der Waals surface area contributed by atoms with E-state index < -0.39 is 0 Å². The zero-order chi connectivity index (χ0) is 19.4. The number of hydrogen-bond donors (Lipinski definition) is 2. The van der Waals surface area contributed by atoms with Crippen molar-refractivity contribution in [3.05, 3.63) is 52.5 Å². The molecule has 144 valence electrons. The number of nitrogens with zero attached hydrogens (tertiary/aromatic N) is 1. The van der Waals surface area contributed by atoms with Gasteiger partial charge in [0.1, 0.15) is 5.75 Å². The van der Waals surface area contributed by atoms with Crippen molar-refractivity contribution in [3.8, 4) is 5.75 Å². The third-order valence-electron chi connectivity index (χ3n) is 5.02. The quantitative estimate of drug-likeness (QED) is 0.799. The zero-order valence-electron chi connectivity index (χ0n) is 15.5. The second-order valence-corrected chi connectivity index (χ2v) is 7.50. The molecule has 1 atom stereocenters. The number of para-hydroxylation sites is 2. The summed E-state index contributed by atoms with van der Waals surface area (Å²) in [5.74, 6) is 0.822. The predicted molar refractivity (Wildman–Crippen MR) is 110 cm³/mol. The highest BCUT2D eigenvalue weighted by atomic mass is 35.5. The number of amides is 1. The van der Waals surface area contributed by atoms with Crippen molar-refractivity contribution in [2.75, 3.05) is 43.5 Å². The number of hydrogen-bond acceptors (Lipinski definition) is 3. The molecule has 1 saturated heterocycles. The molecule has 1 heterocycles. The number of ether oxygens (including phenoxy) is 1. The molecule has 0 unspecified atom stereocenters. The Balaban J connectivity index is 1.60. The van der Waals surface area contributed by atoms with Crippen molar-refractivity contribution in [3.63, 3.8) is 0 Å². The highest BCUT2D eigenvalue weighted by Crippen LogP contribution is 2.27. The van der Waals surface area contributed by atoms with Crippen molar-refractivity contribution >= 4 is 40.5 Å². The summed E-state index contributed by atoms with van der Waals surface area (Å²) >= 11 is 12.1. The number of quaternary nitrogens is 1. The van der Waals surface area contributed by atoms with Crippen LogP contribution in [0.15, 0.2) is 42.5 Å². The maximum atomic E-state index is 12.7. The lowest BCUT2D eigenvalue weighted by Gasteiger charge is -2.36. The van der Waals surface area contributed by atoms with Gasteiger partial charge in [0.25, 0.3) is 5.91 Å². The average molecular weight is 409 g/mol. The van der Waals surface area contributed by atoms with Crippen molar-refractivity contribution in [1.29, 1.82) is 0 Å². The van der Waals surface area contributed by atoms with E-state index in [1.54, 1.807) is 25.3 Å². The van der Waals surface area contributed by atoms with Crippen LogP contribution in [0.4, 0.5) is 11.4 Å². The second-order valence-electron chi connectivity index (χ2n) is 6.65. The molecule has 0 aliphatic carbocycles. The van der Waals surface area contributed by atoms with Crippen LogP contribution < -0.4 is 19.9 Å². The molecule has 2 aromatic rings. The Bertz CT molecular complexity index is 808. The van der Waals surface area contributed by atoms with Gasteiger partial charge in [0.15, 0.2) is 6.04 Å². The Labute approximate surface area is 169 Å². The van der Waals surface area contributed by atoms with E-state index in [2.05, 4.69) is 16.3 Å². The molecule has 0 saturated carbocycles. The van der Waals surface area contributed by atoms with E-state index in [9.17, 15) is 4.79 Å². The summed E-state index contributed by atoms with van der Waals surface area (Å²) in [5.41, 5.74) is 1.65. The van der Waals surface area contributed by atoms with Crippen LogP contribution in [0.2, 0.25) is 10.0 Å². The molecule has 3 rings (SSSR count). The van der Waals surface area contributed by atoms with E-state index in [1.807, 2.05) is 25.1 Å². The minimum absolute atomic E-state index is 0.0556. The molecule has 7 heteroatoms. The van der Waals surface area contributed by atoms with E-state index in [-0.39, 0.29) is 11.9 Å². The maximum absolute atomic E-state index is 12.7. The predicted octanol–water partition coefficient (Wildman–Crippen LogP) is 2.73. The van der Waals surface area contributed by atoms with Gasteiger partial charge in [0, 0.05) is 5.02 Å². The Kier molecular flexibility index (Phi) is 6.47. The van der Waals surface area contributed by atoms with Crippen LogP contribution in [0, 0.1) is 0 Å². The molecule has 0 radical (unpaired) electrons. The lowest BCUT2D eigenvalue weighted by Crippen LogP contribution is -3.19. The number of rotatable bonds is 5. The maximum Gasteiger partial charge on any atom is 0.282 e. The third kappa shape index (κ3) is 4.67. The number of halogens is 2. The third-order valence-corrected chi connectivity index (χ3v) is 5.59. The fourth-order valence-electron chi connectivity index (χ4n) is 3.38. The normalized spacial score (nSPS) is 16.1. The van der Waals surface area contributed by atoms with Crippen LogP contribution in [0.5, 0.6) is 5.75 Å². The standard InChI is InChI=1S/C20H23Cl2N3O2/c1-14(20(26)23-17-13-15(21)7-8-16(17)22)24-9-11-25(12-10-24)18-5-3-4-6-19(18)27-2/h3-8,13-14H,9-12H2,1-2H3,(H,23,26)/p+1/t14-/m1/s1. The molecular weight excluding hydrogens is 385 g/mol. The SMILES string of the molecule is COc1ccccc1N1CC[NH+]([C@H](C)C(=O)Nc2cc(Cl)ccc2Cl)CC1. The van der Waals surface area contributed by atoms with Crippen LogP contribution in [0.3, 0.4) is 0 Å². The first-order valence-corrected chi connectivity index (χ1v) is 9.73. The number of benzene rings is 2. The first kappa shape index (κ1) is 19.8. The van der Waals surface area contributed by atoms with Gasteiger partial charge in [-0.15, -0.1) is 0 Å². The fourth-order valence-corrected chi connectivity index (χ4v) is 3.72. The molecule has 0 bridgehead atoms. The summed E-state index contributed by atoms with van der Waals surface area (Å²) in [6.07, 6.45) is 0. The van der Waals surface area contributed by atoms with Crippen LogP contribution in [-0.4, -0.2) is 45.2 Å². The molecule has 2 N–H and O–H groups in total. The first-order chi connectivity index (χ1) is 13.0. The Hall–Kier alpha value is -1.95. The number of carbonyl (C=O) groups is 1. The highest BCUT2D eigenvalue weighted by molar-refractivity contribution is 6.35. The van der Waals surface area contributed by atoms with Crippen LogP contribution in [-0.2, 0) is 4.79 Å². The summed E-state index contributed by atoms with van der Waals surface area (Å²) in [6.45, 7) is 5.42. The number of carbonyl (C=O) groups excluding carboxylic acids is 1. The van der Waals surface area contributed by atoms with E-state index >= 15 is 0 Å². The smallest absolute Gasteiger partial charge is 0.282 e. The average Bonchev–Trinajstić information content (AvgIpc) is 2.70. The van der Waals surface area contributed by atoms with Crippen LogP contribution >= 0.6 is 23.2 Å². The van der Waals surface area contributed by atoms with Crippen LogP contribution in [0.1, 0.15) is 6.92 Å². The molecule has 2 aromatic carbocycles. The largest absolute Gasteiger partial charge is 0.495 e. The van der Waals surface area contributed by atoms with E-state index in [1.165, 1.54) is 4.90 Å². The summed E-state index contributed by atoms with van der Waals surface area (Å²) < 4.78 is 5.46. The van der Waals surface area contributed by atoms with Gasteiger partial charge in [0.2, 0.25) is 0 Å². The number of anilines is 2. The topological polar surface area (TPSA) is 46.0 Å². The van der Waals surface area contributed by atoms with Crippen molar-refractivity contribution in [2.24, 2.45) is 0 Å². The second kappa shape index (κ2) is 8.83. The van der Waals surface area contributed by atoms with Gasteiger partial charge < -0.3 is 19.9 Å². The minimum Gasteiger partial charge on any atom is -0.495 e. The van der Waals surface area contributed by atoms with Crippen LogP contribution in [0.25, 0.3) is 0 Å². The summed E-state index contributed by atoms with van der Waals surface area (Å²) in [4.78, 5) is 16.2. The molecule has 1 aliphatic heterocycles. The van der Waals surface area contributed by atoms with E-state index in [0.717, 1.165) is 37.6 Å². The van der Waals surface area contributed by atoms with E-state index in [0.29, 0.717) is 15.7 Å². The van der Waals surface area contributed by atoms with Crippen molar-refractivity contribution < 1.29 is 14.4 Å². The first-order valence-electron chi connectivity index (χ1n) is 8.98. The molecule has 0 spiro atoms. The Morgan fingerprint density at radius 1 is 1.19 bits per heavy atom. The highest BCUT2D eigenvalue weighted by Gasteiger charge is 2.30. The minimum atomic E-state index is -0.181. The number of nitrogens with one attached hydrogen (secondary N) is 2. The number of piperazine rings is 1. The summed E-state index contributed by atoms with van der Waals surface area (Å²) in [5, 5.41) is 3.92. The lowest BCUT2D eigenvalue weighted by atomic mass is 10.2. The molecular formula is C20H24Cl2N3O2+. The molecule has 1 aliphatic rings. The zero-order valence-corrected chi connectivity index (χ0v) is 17.0. The lowest BCUT2D eigenvalue weighted by molar-refractivity contribution is -0.914. The van der Waals surface area contributed by atoms with Crippen molar-refractivity contribution in [1.82, 2.24) is 0 Å². The fraction of sp³-hybridized carbons (Fsp3) is 0.350. The summed E-state index contributed by atoms with van der Waals surface area (Å²) in [7, 11) is 1.69. The number of methoxy groups -OCH3 is 1. The molecule has 27 heavy (non-hydrogen) atoms. The Morgan fingerprint density at radius 2 is 1.89 bits per heavy atom. The molecule has 1 amide bonds. The van der Waals surface area contributed by atoms with Gasteiger partial charge in [-0.1, -0.05) is 35.3 Å². The molecule has 5 nitrogen and oxygen atoms in total.